The van der Waals surface area contributed by atoms with Gasteiger partial charge < -0.3 is 24.5 Å². The van der Waals surface area contributed by atoms with Crippen LogP contribution in [0.3, 0.4) is 0 Å². The smallest absolute Gasteiger partial charge is 0.247 e. The SMILES string of the molecule is C=CCN(C)C(=O)[C@@H]1[C@@H]2CCC3(S2)C(C(=O)N(CC=C)CCN2CCOCC2)N(CCCCCO)C(=O)[C@H]13. The van der Waals surface area contributed by atoms with Gasteiger partial charge in [0.25, 0.3) is 0 Å². The zero-order valence-corrected chi connectivity index (χ0v) is 23.6. The number of amides is 3. The summed E-state index contributed by atoms with van der Waals surface area (Å²) in [6.45, 7) is 13.5. The van der Waals surface area contributed by atoms with Crippen molar-refractivity contribution in [1.29, 1.82) is 0 Å². The Morgan fingerprint density at radius 2 is 1.87 bits per heavy atom. The fraction of sp³-hybridized carbons (Fsp3) is 0.750. The normalized spacial score (nSPS) is 30.4. The summed E-state index contributed by atoms with van der Waals surface area (Å²) >= 11 is 1.71. The van der Waals surface area contributed by atoms with Gasteiger partial charge in [-0.1, -0.05) is 12.2 Å². The quantitative estimate of drug-likeness (QED) is 0.258. The number of hydrogen-bond acceptors (Lipinski definition) is 7. The molecular weight excluding hydrogens is 504 g/mol. The van der Waals surface area contributed by atoms with Crippen molar-refractivity contribution < 1.29 is 24.2 Å². The van der Waals surface area contributed by atoms with Crippen LogP contribution in [0.15, 0.2) is 25.3 Å². The molecule has 212 valence electrons. The van der Waals surface area contributed by atoms with Crippen molar-refractivity contribution in [2.45, 2.75) is 48.1 Å². The molecule has 0 aromatic carbocycles. The average molecular weight is 549 g/mol. The van der Waals surface area contributed by atoms with E-state index in [0.29, 0.717) is 45.8 Å². The van der Waals surface area contributed by atoms with E-state index in [1.807, 2.05) is 4.90 Å². The summed E-state index contributed by atoms with van der Waals surface area (Å²) in [6.07, 6.45) is 7.23. The lowest BCUT2D eigenvalue weighted by molar-refractivity contribution is -0.144. The Balaban J connectivity index is 1.60. The van der Waals surface area contributed by atoms with Crippen LogP contribution in [0.4, 0.5) is 0 Å². The van der Waals surface area contributed by atoms with Crippen LogP contribution in [-0.4, -0.2) is 131 Å². The van der Waals surface area contributed by atoms with Crippen molar-refractivity contribution in [3.63, 3.8) is 0 Å². The molecule has 1 N–H and O–H groups in total. The summed E-state index contributed by atoms with van der Waals surface area (Å²) in [7, 11) is 1.76. The number of unbranched alkanes of at least 4 members (excludes halogenated alkanes) is 2. The largest absolute Gasteiger partial charge is 0.396 e. The Labute approximate surface area is 231 Å². The molecule has 0 saturated carbocycles. The first kappa shape index (κ1) is 29.1. The molecule has 38 heavy (non-hydrogen) atoms. The molecule has 5 atom stereocenters. The van der Waals surface area contributed by atoms with Crippen molar-refractivity contribution in [2.24, 2.45) is 11.8 Å². The third kappa shape index (κ3) is 5.55. The highest BCUT2D eigenvalue weighted by molar-refractivity contribution is 8.02. The molecule has 9 nitrogen and oxygen atoms in total. The van der Waals surface area contributed by atoms with E-state index in [2.05, 4.69) is 18.1 Å². The molecule has 0 aromatic heterocycles. The zero-order valence-electron chi connectivity index (χ0n) is 22.8. The molecule has 3 amide bonds. The van der Waals surface area contributed by atoms with Gasteiger partial charge in [-0.2, -0.15) is 0 Å². The van der Waals surface area contributed by atoms with Crippen molar-refractivity contribution in [2.75, 3.05) is 72.7 Å². The van der Waals surface area contributed by atoms with Crippen molar-refractivity contribution >= 4 is 29.5 Å². The first-order valence-corrected chi connectivity index (χ1v) is 14.9. The third-order valence-corrected chi connectivity index (χ3v) is 10.6. The van der Waals surface area contributed by atoms with Gasteiger partial charge >= 0.3 is 0 Å². The van der Waals surface area contributed by atoms with Gasteiger partial charge in [-0.15, -0.1) is 24.9 Å². The first-order valence-electron chi connectivity index (χ1n) is 14.0. The Hall–Kier alpha value is -1.88. The molecule has 1 spiro atoms. The van der Waals surface area contributed by atoms with Gasteiger partial charge in [0.15, 0.2) is 0 Å². The van der Waals surface area contributed by atoms with Crippen LogP contribution in [0.1, 0.15) is 32.1 Å². The van der Waals surface area contributed by atoms with Crippen LogP contribution in [0.2, 0.25) is 0 Å². The van der Waals surface area contributed by atoms with Gasteiger partial charge in [0.2, 0.25) is 17.7 Å². The molecule has 4 aliphatic rings. The van der Waals surface area contributed by atoms with Crippen molar-refractivity contribution in [1.82, 2.24) is 19.6 Å². The summed E-state index contributed by atoms with van der Waals surface area (Å²) < 4.78 is 4.89. The highest BCUT2D eigenvalue weighted by Gasteiger charge is 2.73. The Morgan fingerprint density at radius 3 is 2.55 bits per heavy atom. The maximum absolute atomic E-state index is 14.4. The van der Waals surface area contributed by atoms with Crippen LogP contribution in [0.25, 0.3) is 0 Å². The van der Waals surface area contributed by atoms with Crippen molar-refractivity contribution in [3.05, 3.63) is 25.3 Å². The van der Waals surface area contributed by atoms with Crippen LogP contribution in [-0.2, 0) is 19.1 Å². The summed E-state index contributed by atoms with van der Waals surface area (Å²) in [5.74, 6) is -1.00. The van der Waals surface area contributed by atoms with Crippen LogP contribution < -0.4 is 0 Å². The summed E-state index contributed by atoms with van der Waals surface area (Å²) in [4.78, 5) is 49.6. The summed E-state index contributed by atoms with van der Waals surface area (Å²) in [5.41, 5.74) is 0. The molecule has 4 heterocycles. The minimum atomic E-state index is -0.587. The van der Waals surface area contributed by atoms with Gasteiger partial charge in [0.05, 0.1) is 29.8 Å². The standard InChI is InChI=1S/C28H44N4O5S/c1-4-11-29(3)25(34)22-21-9-10-28(38-21)23(22)26(35)32(13-7-6-8-18-33)24(28)27(36)31(12-5-2)15-14-30-16-19-37-20-17-30/h4-5,21-24,33H,1-2,6-20H2,3H3/t21-,22+,23-,24?,28?/m0/s1. The van der Waals surface area contributed by atoms with E-state index in [4.69, 9.17) is 4.74 Å². The number of aliphatic hydroxyl groups is 1. The molecule has 0 aliphatic carbocycles. The topological polar surface area (TPSA) is 93.6 Å². The van der Waals surface area contributed by atoms with E-state index in [9.17, 15) is 19.5 Å². The van der Waals surface area contributed by atoms with Crippen LogP contribution in [0.5, 0.6) is 0 Å². The first-order chi connectivity index (χ1) is 18.4. The van der Waals surface area contributed by atoms with E-state index in [0.717, 1.165) is 45.3 Å². The van der Waals surface area contributed by atoms with E-state index in [-0.39, 0.29) is 29.6 Å². The second-order valence-corrected chi connectivity index (χ2v) is 12.5. The molecule has 4 rings (SSSR count). The second-order valence-electron chi connectivity index (χ2n) is 10.9. The minimum Gasteiger partial charge on any atom is -0.396 e. The monoisotopic (exact) mass is 548 g/mol. The third-order valence-electron chi connectivity index (χ3n) is 8.61. The maximum Gasteiger partial charge on any atom is 0.247 e. The fourth-order valence-corrected chi connectivity index (χ4v) is 8.98. The van der Waals surface area contributed by atoms with Gasteiger partial charge in [0.1, 0.15) is 6.04 Å². The number of likely N-dealkylation sites (N-methyl/N-ethyl adjacent to an activating group) is 1. The Morgan fingerprint density at radius 1 is 1.13 bits per heavy atom. The van der Waals surface area contributed by atoms with Gasteiger partial charge in [0, 0.05) is 64.7 Å². The zero-order chi connectivity index (χ0) is 27.3. The lowest BCUT2D eigenvalue weighted by atomic mass is 9.70. The molecule has 2 unspecified atom stereocenters. The number of likely N-dealkylation sites (tertiary alicyclic amines) is 1. The number of aliphatic hydroxyl groups excluding tert-OH is 1. The number of rotatable bonds is 14. The van der Waals surface area contributed by atoms with Crippen LogP contribution >= 0.6 is 11.8 Å². The highest BCUT2D eigenvalue weighted by Crippen LogP contribution is 2.66. The van der Waals surface area contributed by atoms with E-state index >= 15 is 0 Å². The Bertz CT molecular complexity index is 896. The molecule has 0 radical (unpaired) electrons. The molecule has 10 heteroatoms. The Kier molecular flexibility index (Phi) is 9.95. The number of fused-ring (bicyclic) bond motifs is 1. The lowest BCUT2D eigenvalue weighted by Gasteiger charge is -2.38. The lowest BCUT2D eigenvalue weighted by Crippen LogP contribution is -2.56. The summed E-state index contributed by atoms with van der Waals surface area (Å²) in [6, 6.07) is -0.587. The molecule has 4 saturated heterocycles. The molecule has 2 bridgehead atoms. The van der Waals surface area contributed by atoms with Gasteiger partial charge in [-0.3, -0.25) is 19.3 Å². The predicted molar refractivity (Wildman–Crippen MR) is 149 cm³/mol. The van der Waals surface area contributed by atoms with E-state index in [1.165, 1.54) is 0 Å². The number of ether oxygens (including phenoxy) is 1. The second kappa shape index (κ2) is 13.0. The minimum absolute atomic E-state index is 0.0223. The number of nitrogens with zero attached hydrogens (tertiary/aromatic N) is 4. The van der Waals surface area contributed by atoms with Crippen molar-refractivity contribution in [3.8, 4) is 0 Å². The maximum atomic E-state index is 14.4. The average Bonchev–Trinajstić information content (AvgIpc) is 3.56. The molecule has 0 aromatic rings. The van der Waals surface area contributed by atoms with E-state index in [1.54, 1.807) is 40.8 Å². The molecule has 4 fully saturated rings. The number of carbonyl (C=O) groups excluding carboxylic acids is 3. The fourth-order valence-electron chi connectivity index (χ4n) is 6.77. The number of carbonyl (C=O) groups is 3. The number of hydrogen-bond donors (Lipinski definition) is 1. The van der Waals surface area contributed by atoms with E-state index < -0.39 is 22.6 Å². The predicted octanol–water partition coefficient (Wildman–Crippen LogP) is 1.23. The van der Waals surface area contributed by atoms with Gasteiger partial charge in [-0.25, -0.2) is 0 Å². The molecular formula is C28H44N4O5S. The van der Waals surface area contributed by atoms with Gasteiger partial charge in [-0.05, 0) is 32.1 Å². The number of morpholine rings is 1. The molecule has 4 aliphatic heterocycles. The highest BCUT2D eigenvalue weighted by atomic mass is 32.2. The number of thioether (sulfide) groups is 1. The summed E-state index contributed by atoms with van der Waals surface area (Å²) in [5, 5.41) is 9.29. The van der Waals surface area contributed by atoms with Crippen LogP contribution in [0, 0.1) is 11.8 Å².